The molecule has 0 bridgehead atoms. The van der Waals surface area contributed by atoms with Crippen LogP contribution in [-0.2, 0) is 0 Å². The van der Waals surface area contributed by atoms with E-state index in [9.17, 15) is 0 Å². The van der Waals surface area contributed by atoms with E-state index < -0.39 is 0 Å². The third-order valence-electron chi connectivity index (χ3n) is 0.415. The molecule has 0 aromatic rings. The molecule has 4 N–H and O–H groups in total. The molecule has 0 heterocycles. The lowest BCUT2D eigenvalue weighted by atomic mass is 10.4. The highest BCUT2D eigenvalue weighted by Crippen LogP contribution is 1.70. The summed E-state index contributed by atoms with van der Waals surface area (Å²) in [4.78, 5) is 0. The molecule has 0 aromatic carbocycles. The molecule has 0 aliphatic heterocycles. The molecule has 0 rings (SSSR count). The molecule has 0 aromatic heterocycles. The summed E-state index contributed by atoms with van der Waals surface area (Å²) in [6, 6.07) is 0.0926. The summed E-state index contributed by atoms with van der Waals surface area (Å²) >= 11 is 0. The predicted octanol–water partition coefficient (Wildman–Crippen LogP) is -0.194. The molecule has 0 saturated heterocycles. The highest BCUT2D eigenvalue weighted by atomic mass is 14.6. The second kappa shape index (κ2) is 2.72. The molecule has 1 atom stereocenters. The van der Waals surface area contributed by atoms with E-state index >= 15 is 0 Å². The monoisotopic (exact) mass is 86.1 g/mol. The van der Waals surface area contributed by atoms with Crippen molar-refractivity contribution in [2.75, 3.05) is 0 Å². The first-order valence-corrected chi connectivity index (χ1v) is 1.91. The topological polar surface area (TPSA) is 52.0 Å². The second-order valence-corrected chi connectivity index (χ2v) is 1.24. The van der Waals surface area contributed by atoms with E-state index in [2.05, 4.69) is 0 Å². The van der Waals surface area contributed by atoms with E-state index in [-0.39, 0.29) is 6.04 Å². The van der Waals surface area contributed by atoms with E-state index in [1.54, 1.807) is 6.08 Å². The first-order valence-electron chi connectivity index (χ1n) is 1.91. The summed E-state index contributed by atoms with van der Waals surface area (Å²) in [7, 11) is 0. The van der Waals surface area contributed by atoms with Crippen LogP contribution in [0.5, 0.6) is 0 Å². The van der Waals surface area contributed by atoms with Gasteiger partial charge in [0, 0.05) is 6.04 Å². The summed E-state index contributed by atoms with van der Waals surface area (Å²) < 4.78 is 0. The molecule has 0 radical (unpaired) electrons. The van der Waals surface area contributed by atoms with Gasteiger partial charge in [-0.2, -0.15) is 0 Å². The maximum atomic E-state index is 5.24. The standard InChI is InChI=1S/C4H10N2/c1-4(6)2-3-5/h2-4H,5-6H2,1H3/b3-2+/t4-/m1/s1. The first-order chi connectivity index (χ1) is 2.77. The molecular weight excluding hydrogens is 76.1 g/mol. The van der Waals surface area contributed by atoms with Gasteiger partial charge in [0.15, 0.2) is 0 Å². The highest BCUT2D eigenvalue weighted by molar-refractivity contribution is 4.83. The molecule has 0 spiro atoms. The Kier molecular flexibility index (Phi) is 2.50. The van der Waals surface area contributed by atoms with Gasteiger partial charge in [0.05, 0.1) is 0 Å². The number of nitrogens with two attached hydrogens (primary N) is 2. The molecule has 0 aliphatic carbocycles. The fourth-order valence-electron chi connectivity index (χ4n) is 0.175. The Bertz CT molecular complexity index is 47.5. The normalized spacial score (nSPS) is 15.7. The van der Waals surface area contributed by atoms with Gasteiger partial charge in [-0.1, -0.05) is 6.08 Å². The zero-order chi connectivity index (χ0) is 4.99. The van der Waals surface area contributed by atoms with Crippen LogP contribution in [0.15, 0.2) is 12.3 Å². The van der Waals surface area contributed by atoms with Gasteiger partial charge in [-0.3, -0.25) is 0 Å². The van der Waals surface area contributed by atoms with E-state index in [4.69, 9.17) is 11.5 Å². The van der Waals surface area contributed by atoms with Crippen molar-refractivity contribution in [3.05, 3.63) is 12.3 Å². The second-order valence-electron chi connectivity index (χ2n) is 1.24. The van der Waals surface area contributed by atoms with Crippen LogP contribution in [0.25, 0.3) is 0 Å². The van der Waals surface area contributed by atoms with Gasteiger partial charge in [0.2, 0.25) is 0 Å². The maximum Gasteiger partial charge on any atom is 0.0211 e. The van der Waals surface area contributed by atoms with Gasteiger partial charge < -0.3 is 11.5 Å². The van der Waals surface area contributed by atoms with Gasteiger partial charge in [0.25, 0.3) is 0 Å². The van der Waals surface area contributed by atoms with Crippen LogP contribution in [0.3, 0.4) is 0 Å². The van der Waals surface area contributed by atoms with Gasteiger partial charge in [-0.25, -0.2) is 0 Å². The fraction of sp³-hybridized carbons (Fsp3) is 0.500. The lowest BCUT2D eigenvalue weighted by Crippen LogP contribution is -2.10. The molecular formula is C4H10N2. The number of rotatable bonds is 1. The molecule has 0 unspecified atom stereocenters. The van der Waals surface area contributed by atoms with Crippen LogP contribution >= 0.6 is 0 Å². The third kappa shape index (κ3) is 3.50. The lowest BCUT2D eigenvalue weighted by Gasteiger charge is -1.88. The van der Waals surface area contributed by atoms with Crippen molar-refractivity contribution in [2.45, 2.75) is 13.0 Å². The molecule has 0 saturated carbocycles. The smallest absolute Gasteiger partial charge is 0.0211 e. The van der Waals surface area contributed by atoms with Crippen molar-refractivity contribution in [1.29, 1.82) is 0 Å². The van der Waals surface area contributed by atoms with Crippen molar-refractivity contribution in [1.82, 2.24) is 0 Å². The molecule has 2 heteroatoms. The Balaban J connectivity index is 3.03. The van der Waals surface area contributed by atoms with Crippen LogP contribution in [-0.4, -0.2) is 6.04 Å². The van der Waals surface area contributed by atoms with Gasteiger partial charge in [-0.15, -0.1) is 0 Å². The molecule has 0 aliphatic rings. The summed E-state index contributed by atoms with van der Waals surface area (Å²) in [5.41, 5.74) is 10.2. The maximum absolute atomic E-state index is 5.24. The average molecular weight is 86.1 g/mol. The SMILES string of the molecule is C[C@@H](N)/C=C/N. The van der Waals surface area contributed by atoms with Crippen LogP contribution in [0.4, 0.5) is 0 Å². The largest absolute Gasteiger partial charge is 0.405 e. The van der Waals surface area contributed by atoms with Crippen molar-refractivity contribution < 1.29 is 0 Å². The van der Waals surface area contributed by atoms with E-state index in [0.717, 1.165) is 0 Å². The zero-order valence-corrected chi connectivity index (χ0v) is 3.89. The third-order valence-corrected chi connectivity index (χ3v) is 0.415. The fourth-order valence-corrected chi connectivity index (χ4v) is 0.175. The Labute approximate surface area is 37.8 Å². The van der Waals surface area contributed by atoms with Crippen molar-refractivity contribution in [3.8, 4) is 0 Å². The highest BCUT2D eigenvalue weighted by Gasteiger charge is 1.76. The molecule has 6 heavy (non-hydrogen) atoms. The van der Waals surface area contributed by atoms with Crippen molar-refractivity contribution in [3.63, 3.8) is 0 Å². The number of hydrogen-bond donors (Lipinski definition) is 2. The summed E-state index contributed by atoms with van der Waals surface area (Å²) in [5, 5.41) is 0. The lowest BCUT2D eigenvalue weighted by molar-refractivity contribution is 0.923. The summed E-state index contributed by atoms with van der Waals surface area (Å²) in [5.74, 6) is 0. The van der Waals surface area contributed by atoms with E-state index in [1.165, 1.54) is 6.20 Å². The van der Waals surface area contributed by atoms with Gasteiger partial charge in [-0.05, 0) is 13.1 Å². The molecule has 36 valence electrons. The zero-order valence-electron chi connectivity index (χ0n) is 3.89. The van der Waals surface area contributed by atoms with Crippen LogP contribution in [0.2, 0.25) is 0 Å². The Hall–Kier alpha value is -0.500. The van der Waals surface area contributed by atoms with E-state index in [0.29, 0.717) is 0 Å². The summed E-state index contributed by atoms with van der Waals surface area (Å²) in [6.45, 7) is 1.86. The van der Waals surface area contributed by atoms with Crippen molar-refractivity contribution >= 4 is 0 Å². The van der Waals surface area contributed by atoms with Crippen LogP contribution in [0.1, 0.15) is 6.92 Å². The van der Waals surface area contributed by atoms with Crippen LogP contribution in [0, 0.1) is 0 Å². The number of hydrogen-bond acceptors (Lipinski definition) is 2. The van der Waals surface area contributed by atoms with Crippen LogP contribution < -0.4 is 11.5 Å². The quantitative estimate of drug-likeness (QED) is 0.464. The Morgan fingerprint density at radius 2 is 2.17 bits per heavy atom. The summed E-state index contributed by atoms with van der Waals surface area (Å²) in [6.07, 6.45) is 3.17. The minimum Gasteiger partial charge on any atom is -0.405 e. The predicted molar refractivity (Wildman–Crippen MR) is 27.0 cm³/mol. The molecule has 0 amide bonds. The van der Waals surface area contributed by atoms with E-state index in [1.807, 2.05) is 6.92 Å². The molecule has 0 fully saturated rings. The van der Waals surface area contributed by atoms with Gasteiger partial charge >= 0.3 is 0 Å². The first kappa shape index (κ1) is 5.50. The van der Waals surface area contributed by atoms with Gasteiger partial charge in [0.1, 0.15) is 0 Å². The van der Waals surface area contributed by atoms with Crippen molar-refractivity contribution in [2.24, 2.45) is 11.5 Å². The minimum atomic E-state index is 0.0926. The minimum absolute atomic E-state index is 0.0926. The Morgan fingerprint density at radius 1 is 1.67 bits per heavy atom. The molecule has 2 nitrogen and oxygen atoms in total. The Morgan fingerprint density at radius 3 is 2.17 bits per heavy atom. The average Bonchev–Trinajstić information content (AvgIpc) is 1.35.